The van der Waals surface area contributed by atoms with E-state index in [9.17, 15) is 0 Å². The first kappa shape index (κ1) is 15.1. The van der Waals surface area contributed by atoms with Gasteiger partial charge in [0.25, 0.3) is 0 Å². The van der Waals surface area contributed by atoms with Crippen LogP contribution in [0.25, 0.3) is 5.57 Å². The molecule has 0 radical (unpaired) electrons. The summed E-state index contributed by atoms with van der Waals surface area (Å²) in [5, 5.41) is 3.41. The molecule has 108 valence electrons. The summed E-state index contributed by atoms with van der Waals surface area (Å²) < 4.78 is 0. The van der Waals surface area contributed by atoms with Crippen molar-refractivity contribution in [3.05, 3.63) is 52.6 Å². The Labute approximate surface area is 123 Å². The minimum absolute atomic E-state index is 0.583. The molecule has 0 saturated heterocycles. The van der Waals surface area contributed by atoms with Gasteiger partial charge in [-0.3, -0.25) is 0 Å². The number of aryl methyl sites for hydroxylation is 1. The molecule has 1 aromatic carbocycles. The summed E-state index contributed by atoms with van der Waals surface area (Å²) in [4.78, 5) is 0. The lowest BCUT2D eigenvalue weighted by Gasteiger charge is -2.14. The first-order valence-corrected chi connectivity index (χ1v) is 7.83. The van der Waals surface area contributed by atoms with Gasteiger partial charge in [0, 0.05) is 0 Å². The van der Waals surface area contributed by atoms with Gasteiger partial charge in [-0.25, -0.2) is 0 Å². The number of rotatable bonds is 6. The van der Waals surface area contributed by atoms with Gasteiger partial charge >= 0.3 is 0 Å². The van der Waals surface area contributed by atoms with E-state index in [4.69, 9.17) is 0 Å². The van der Waals surface area contributed by atoms with Gasteiger partial charge in [0.05, 0.1) is 0 Å². The Hall–Kier alpha value is -1.34. The molecular formula is C19H27N. The molecule has 2 rings (SSSR count). The normalized spacial score (nSPS) is 18.6. The van der Waals surface area contributed by atoms with E-state index in [0.717, 1.165) is 19.5 Å². The molecule has 20 heavy (non-hydrogen) atoms. The van der Waals surface area contributed by atoms with E-state index in [0.29, 0.717) is 5.92 Å². The Kier molecular flexibility index (Phi) is 5.19. The van der Waals surface area contributed by atoms with E-state index in [1.165, 1.54) is 34.3 Å². The van der Waals surface area contributed by atoms with Crippen LogP contribution in [0, 0.1) is 5.92 Å². The zero-order chi connectivity index (χ0) is 14.5. The van der Waals surface area contributed by atoms with E-state index in [1.54, 1.807) is 0 Å². The van der Waals surface area contributed by atoms with Crippen LogP contribution in [0.1, 0.15) is 45.2 Å². The summed E-state index contributed by atoms with van der Waals surface area (Å²) in [6.07, 6.45) is 4.75. The maximum atomic E-state index is 3.41. The van der Waals surface area contributed by atoms with E-state index in [1.807, 2.05) is 0 Å². The summed E-state index contributed by atoms with van der Waals surface area (Å²) in [5.41, 5.74) is 7.37. The molecule has 1 aliphatic rings. The molecule has 0 heterocycles. The van der Waals surface area contributed by atoms with Crippen molar-refractivity contribution in [2.24, 2.45) is 5.92 Å². The van der Waals surface area contributed by atoms with Crippen molar-refractivity contribution in [2.75, 3.05) is 13.1 Å². The van der Waals surface area contributed by atoms with Gasteiger partial charge in [-0.1, -0.05) is 49.8 Å². The van der Waals surface area contributed by atoms with Crippen LogP contribution in [0.3, 0.4) is 0 Å². The summed E-state index contributed by atoms with van der Waals surface area (Å²) in [6.45, 7) is 11.1. The van der Waals surface area contributed by atoms with Crippen molar-refractivity contribution in [1.82, 2.24) is 5.32 Å². The number of hydrogen-bond donors (Lipinski definition) is 1. The third-order valence-electron chi connectivity index (χ3n) is 4.31. The fourth-order valence-electron chi connectivity index (χ4n) is 3.11. The molecule has 0 bridgehead atoms. The molecule has 0 fully saturated rings. The van der Waals surface area contributed by atoms with Crippen molar-refractivity contribution in [1.29, 1.82) is 0 Å². The van der Waals surface area contributed by atoms with Crippen LogP contribution in [0.2, 0.25) is 0 Å². The molecule has 1 heteroatoms. The number of allylic oxidation sites excluding steroid dienone is 4. The predicted molar refractivity (Wildman–Crippen MR) is 88.8 cm³/mol. The lowest BCUT2D eigenvalue weighted by molar-refractivity contribution is 0.672. The molecule has 0 aromatic heterocycles. The molecule has 1 unspecified atom stereocenters. The molecular weight excluding hydrogens is 242 g/mol. The minimum atomic E-state index is 0.583. The van der Waals surface area contributed by atoms with E-state index >= 15 is 0 Å². The second-order valence-electron chi connectivity index (χ2n) is 5.81. The van der Waals surface area contributed by atoms with Crippen molar-refractivity contribution in [3.63, 3.8) is 0 Å². The molecule has 1 nitrogen and oxygen atoms in total. The topological polar surface area (TPSA) is 12.0 Å². The van der Waals surface area contributed by atoms with Gasteiger partial charge in [0.2, 0.25) is 0 Å². The smallest absolute Gasteiger partial charge is 0.00392 e. The highest BCUT2D eigenvalue weighted by molar-refractivity contribution is 5.85. The monoisotopic (exact) mass is 269 g/mol. The Morgan fingerprint density at radius 3 is 2.55 bits per heavy atom. The number of hydrogen-bond acceptors (Lipinski definition) is 1. The Balaban J connectivity index is 2.22. The van der Waals surface area contributed by atoms with Crippen LogP contribution in [0.15, 0.2) is 41.5 Å². The fraction of sp³-hybridized carbons (Fsp3) is 0.474. The molecule has 1 N–H and O–H groups in total. The van der Waals surface area contributed by atoms with Crippen LogP contribution >= 0.6 is 0 Å². The molecule has 1 aliphatic carbocycles. The lowest BCUT2D eigenvalue weighted by Crippen LogP contribution is -2.14. The number of benzene rings is 1. The summed E-state index contributed by atoms with van der Waals surface area (Å²) in [5.74, 6) is 0.583. The summed E-state index contributed by atoms with van der Waals surface area (Å²) in [6, 6.07) is 8.91. The molecule has 1 aromatic rings. The van der Waals surface area contributed by atoms with Gasteiger partial charge in [-0.05, 0) is 68.0 Å². The summed E-state index contributed by atoms with van der Waals surface area (Å²) >= 11 is 0. The predicted octanol–water partition coefficient (Wildman–Crippen LogP) is 4.60. The van der Waals surface area contributed by atoms with E-state index in [2.05, 4.69) is 63.4 Å². The third kappa shape index (κ3) is 3.21. The number of nitrogens with one attached hydrogen (secondary N) is 1. The van der Waals surface area contributed by atoms with Crippen molar-refractivity contribution in [2.45, 2.75) is 40.5 Å². The molecule has 0 aliphatic heterocycles. The minimum Gasteiger partial charge on any atom is -0.317 e. The van der Waals surface area contributed by atoms with Gasteiger partial charge in [-0.15, -0.1) is 0 Å². The van der Waals surface area contributed by atoms with Crippen molar-refractivity contribution >= 4 is 5.57 Å². The quantitative estimate of drug-likeness (QED) is 0.744. The molecule has 0 amide bonds. The zero-order valence-corrected chi connectivity index (χ0v) is 13.3. The first-order chi connectivity index (χ1) is 9.65. The Morgan fingerprint density at radius 1 is 1.15 bits per heavy atom. The van der Waals surface area contributed by atoms with Crippen LogP contribution in [0.4, 0.5) is 0 Å². The Bertz CT molecular complexity index is 522. The van der Waals surface area contributed by atoms with Gasteiger partial charge < -0.3 is 5.32 Å². The van der Waals surface area contributed by atoms with Crippen LogP contribution in [0.5, 0.6) is 0 Å². The highest BCUT2D eigenvalue weighted by atomic mass is 14.8. The maximum absolute atomic E-state index is 3.41. The van der Waals surface area contributed by atoms with Crippen molar-refractivity contribution in [3.8, 4) is 0 Å². The van der Waals surface area contributed by atoms with Crippen LogP contribution < -0.4 is 5.32 Å². The highest BCUT2D eigenvalue weighted by Crippen LogP contribution is 2.38. The molecule has 1 atom stereocenters. The SMILES string of the molecule is CCNCCCc1ccccc1C1=C(C)C(C)C=C1C. The third-order valence-corrected chi connectivity index (χ3v) is 4.31. The Morgan fingerprint density at radius 2 is 1.90 bits per heavy atom. The van der Waals surface area contributed by atoms with E-state index in [-0.39, 0.29) is 0 Å². The molecule has 0 saturated carbocycles. The fourth-order valence-corrected chi connectivity index (χ4v) is 3.11. The highest BCUT2D eigenvalue weighted by Gasteiger charge is 2.20. The van der Waals surface area contributed by atoms with Crippen molar-refractivity contribution < 1.29 is 0 Å². The van der Waals surface area contributed by atoms with E-state index < -0.39 is 0 Å². The average Bonchev–Trinajstić information content (AvgIpc) is 2.69. The van der Waals surface area contributed by atoms with Gasteiger partial charge in [0.15, 0.2) is 0 Å². The standard InChI is InChI=1S/C19H27N/c1-5-20-12-8-10-17-9-6-7-11-18(17)19-15(3)13-14(2)16(19)4/h6-7,9,11,13-14,20H,5,8,10,12H2,1-4H3. The average molecular weight is 269 g/mol. The molecule has 0 spiro atoms. The largest absolute Gasteiger partial charge is 0.317 e. The second kappa shape index (κ2) is 6.90. The van der Waals surface area contributed by atoms with Crippen LogP contribution in [-0.4, -0.2) is 13.1 Å². The van der Waals surface area contributed by atoms with Gasteiger partial charge in [0.1, 0.15) is 0 Å². The van der Waals surface area contributed by atoms with Gasteiger partial charge in [-0.2, -0.15) is 0 Å². The second-order valence-corrected chi connectivity index (χ2v) is 5.81. The lowest BCUT2D eigenvalue weighted by atomic mass is 9.91. The maximum Gasteiger partial charge on any atom is -0.00392 e. The summed E-state index contributed by atoms with van der Waals surface area (Å²) in [7, 11) is 0. The first-order valence-electron chi connectivity index (χ1n) is 7.83. The zero-order valence-electron chi connectivity index (χ0n) is 13.3. The van der Waals surface area contributed by atoms with Crippen LogP contribution in [-0.2, 0) is 6.42 Å².